The van der Waals surface area contributed by atoms with E-state index in [1.54, 1.807) is 10.7 Å². The van der Waals surface area contributed by atoms with Gasteiger partial charge in [0.1, 0.15) is 0 Å². The molecule has 0 saturated carbocycles. The Bertz CT molecular complexity index is 1040. The predicted molar refractivity (Wildman–Crippen MR) is 115 cm³/mol. The number of rotatable bonds is 6. The summed E-state index contributed by atoms with van der Waals surface area (Å²) in [7, 11) is 1.91. The molecule has 3 aromatic rings. The van der Waals surface area contributed by atoms with Crippen LogP contribution in [-0.2, 0) is 13.6 Å². The van der Waals surface area contributed by atoms with Gasteiger partial charge in [0.2, 0.25) is 0 Å². The molecule has 1 aliphatic rings. The second-order valence-electron chi connectivity index (χ2n) is 7.41. The van der Waals surface area contributed by atoms with Gasteiger partial charge >= 0.3 is 0 Å². The molecule has 0 N–H and O–H groups in total. The average molecular weight is 405 g/mol. The zero-order valence-corrected chi connectivity index (χ0v) is 17.7. The van der Waals surface area contributed by atoms with Crippen LogP contribution in [0.4, 0.5) is 0 Å². The van der Waals surface area contributed by atoms with Crippen molar-refractivity contribution in [3.05, 3.63) is 77.1 Å². The Balaban J connectivity index is 1.65. The van der Waals surface area contributed by atoms with Crippen molar-refractivity contribution in [1.82, 2.24) is 14.7 Å². The maximum atomic E-state index is 13.4. The minimum absolute atomic E-state index is 0.0117. The van der Waals surface area contributed by atoms with Crippen molar-refractivity contribution in [2.24, 2.45) is 7.05 Å². The lowest BCUT2D eigenvalue weighted by atomic mass is 9.86. The summed E-state index contributed by atoms with van der Waals surface area (Å²) in [5.74, 6) is 1.35. The fourth-order valence-electron chi connectivity index (χ4n) is 4.03. The Kier molecular flexibility index (Phi) is 5.74. The highest BCUT2D eigenvalue weighted by atomic mass is 16.5. The minimum atomic E-state index is -0.0117. The quantitative estimate of drug-likeness (QED) is 0.622. The molecule has 2 aromatic carbocycles. The van der Waals surface area contributed by atoms with Gasteiger partial charge in [0, 0.05) is 37.8 Å². The number of hydrogen-bond acceptors (Lipinski definition) is 4. The molecular formula is C24H27N3O3. The number of amides is 1. The maximum absolute atomic E-state index is 13.4. The number of aromatic nitrogens is 2. The van der Waals surface area contributed by atoms with Crippen LogP contribution in [0.2, 0.25) is 0 Å². The molecule has 1 atom stereocenters. The SMILES string of the molecule is CCOc1ccc(C(=O)N2Cc3ccccc3C(c3cnn(C)c3)C2)cc1OCC. The van der Waals surface area contributed by atoms with E-state index in [1.165, 1.54) is 11.1 Å². The Morgan fingerprint density at radius 3 is 2.60 bits per heavy atom. The molecule has 0 fully saturated rings. The van der Waals surface area contributed by atoms with Crippen LogP contribution >= 0.6 is 0 Å². The molecule has 30 heavy (non-hydrogen) atoms. The average Bonchev–Trinajstić information content (AvgIpc) is 3.20. The van der Waals surface area contributed by atoms with Crippen LogP contribution in [-0.4, -0.2) is 40.3 Å². The van der Waals surface area contributed by atoms with Gasteiger partial charge in [-0.2, -0.15) is 5.10 Å². The minimum Gasteiger partial charge on any atom is -0.490 e. The predicted octanol–water partition coefficient (Wildman–Crippen LogP) is 4.01. The van der Waals surface area contributed by atoms with Crippen molar-refractivity contribution in [3.8, 4) is 11.5 Å². The summed E-state index contributed by atoms with van der Waals surface area (Å²) in [6.45, 7) is 6.10. The number of fused-ring (bicyclic) bond motifs is 1. The molecule has 1 unspecified atom stereocenters. The Morgan fingerprint density at radius 1 is 1.10 bits per heavy atom. The molecule has 2 heterocycles. The molecule has 0 aliphatic carbocycles. The smallest absolute Gasteiger partial charge is 0.254 e. The summed E-state index contributed by atoms with van der Waals surface area (Å²) in [6.07, 6.45) is 3.92. The summed E-state index contributed by atoms with van der Waals surface area (Å²) in [5, 5.41) is 4.33. The molecule has 0 bridgehead atoms. The molecule has 6 heteroatoms. The first-order chi connectivity index (χ1) is 14.6. The van der Waals surface area contributed by atoms with Gasteiger partial charge in [0.15, 0.2) is 11.5 Å². The van der Waals surface area contributed by atoms with Gasteiger partial charge in [-0.15, -0.1) is 0 Å². The van der Waals surface area contributed by atoms with Gasteiger partial charge in [0.25, 0.3) is 5.91 Å². The first-order valence-corrected chi connectivity index (χ1v) is 10.4. The normalized spacial score (nSPS) is 15.6. The summed E-state index contributed by atoms with van der Waals surface area (Å²) >= 11 is 0. The largest absolute Gasteiger partial charge is 0.490 e. The summed E-state index contributed by atoms with van der Waals surface area (Å²) in [5.41, 5.74) is 4.15. The van der Waals surface area contributed by atoms with Crippen molar-refractivity contribution < 1.29 is 14.3 Å². The highest BCUT2D eigenvalue weighted by molar-refractivity contribution is 5.95. The fraction of sp³-hybridized carbons (Fsp3) is 0.333. The first kappa shape index (κ1) is 20.0. The van der Waals surface area contributed by atoms with Gasteiger partial charge in [-0.05, 0) is 48.7 Å². The number of ether oxygens (including phenoxy) is 2. The zero-order chi connectivity index (χ0) is 21.1. The number of benzene rings is 2. The first-order valence-electron chi connectivity index (χ1n) is 10.4. The summed E-state index contributed by atoms with van der Waals surface area (Å²) in [6, 6.07) is 13.8. The van der Waals surface area contributed by atoms with Crippen LogP contribution < -0.4 is 9.47 Å². The van der Waals surface area contributed by atoms with Gasteiger partial charge in [-0.3, -0.25) is 9.48 Å². The van der Waals surface area contributed by atoms with Crippen molar-refractivity contribution >= 4 is 5.91 Å². The molecule has 1 amide bonds. The molecule has 6 nitrogen and oxygen atoms in total. The van der Waals surface area contributed by atoms with Gasteiger partial charge in [0.05, 0.1) is 19.4 Å². The Morgan fingerprint density at radius 2 is 1.87 bits per heavy atom. The highest BCUT2D eigenvalue weighted by Crippen LogP contribution is 2.35. The van der Waals surface area contributed by atoms with E-state index < -0.39 is 0 Å². The van der Waals surface area contributed by atoms with Crippen molar-refractivity contribution in [1.29, 1.82) is 0 Å². The lowest BCUT2D eigenvalue weighted by Gasteiger charge is -2.34. The van der Waals surface area contributed by atoms with Gasteiger partial charge < -0.3 is 14.4 Å². The van der Waals surface area contributed by atoms with Crippen LogP contribution in [0.3, 0.4) is 0 Å². The van der Waals surface area contributed by atoms with Crippen LogP contribution in [0.15, 0.2) is 54.9 Å². The molecule has 1 aliphatic heterocycles. The lowest BCUT2D eigenvalue weighted by Crippen LogP contribution is -2.38. The summed E-state index contributed by atoms with van der Waals surface area (Å²) in [4.78, 5) is 15.3. The van der Waals surface area contributed by atoms with E-state index >= 15 is 0 Å². The topological polar surface area (TPSA) is 56.6 Å². The number of aryl methyl sites for hydroxylation is 1. The second kappa shape index (κ2) is 8.61. The third kappa shape index (κ3) is 3.90. The van der Waals surface area contributed by atoms with Gasteiger partial charge in [-0.25, -0.2) is 0 Å². The van der Waals surface area contributed by atoms with Crippen molar-refractivity contribution in [3.63, 3.8) is 0 Å². The van der Waals surface area contributed by atoms with E-state index in [4.69, 9.17) is 9.47 Å². The van der Waals surface area contributed by atoms with Crippen LogP contribution in [0.5, 0.6) is 11.5 Å². The van der Waals surface area contributed by atoms with Crippen LogP contribution in [0.25, 0.3) is 0 Å². The molecule has 0 radical (unpaired) electrons. The van der Waals surface area contributed by atoms with E-state index in [0.717, 1.165) is 5.56 Å². The van der Waals surface area contributed by atoms with E-state index in [-0.39, 0.29) is 11.8 Å². The highest BCUT2D eigenvalue weighted by Gasteiger charge is 2.30. The third-order valence-electron chi connectivity index (χ3n) is 5.40. The second-order valence-corrected chi connectivity index (χ2v) is 7.41. The number of carbonyl (C=O) groups is 1. The molecular weight excluding hydrogens is 378 g/mol. The fourth-order valence-corrected chi connectivity index (χ4v) is 4.03. The van der Waals surface area contributed by atoms with Crippen molar-refractivity contribution in [2.75, 3.05) is 19.8 Å². The lowest BCUT2D eigenvalue weighted by molar-refractivity contribution is 0.0724. The van der Waals surface area contributed by atoms with Crippen molar-refractivity contribution in [2.45, 2.75) is 26.3 Å². The van der Waals surface area contributed by atoms with E-state index in [9.17, 15) is 4.79 Å². The third-order valence-corrected chi connectivity index (χ3v) is 5.40. The Hall–Kier alpha value is -3.28. The zero-order valence-electron chi connectivity index (χ0n) is 17.7. The molecule has 156 valence electrons. The standard InChI is InChI=1S/C24H27N3O3/c1-4-29-22-11-10-17(12-23(22)30-5-2)24(28)27-15-18-8-6-7-9-20(18)21(16-27)19-13-25-26(3)14-19/h6-14,21H,4-5,15-16H2,1-3H3. The molecule has 0 saturated heterocycles. The molecule has 0 spiro atoms. The van der Waals surface area contributed by atoms with E-state index in [2.05, 4.69) is 23.3 Å². The van der Waals surface area contributed by atoms with E-state index in [1.807, 2.05) is 56.4 Å². The molecule has 1 aromatic heterocycles. The van der Waals surface area contributed by atoms with Gasteiger partial charge in [-0.1, -0.05) is 24.3 Å². The summed E-state index contributed by atoms with van der Waals surface area (Å²) < 4.78 is 13.1. The Labute approximate surface area is 177 Å². The monoisotopic (exact) mass is 405 g/mol. The number of carbonyl (C=O) groups excluding carboxylic acids is 1. The maximum Gasteiger partial charge on any atom is 0.254 e. The van der Waals surface area contributed by atoms with E-state index in [0.29, 0.717) is 43.4 Å². The number of nitrogens with zero attached hydrogens (tertiary/aromatic N) is 3. The van der Waals surface area contributed by atoms with Crippen LogP contribution in [0.1, 0.15) is 46.8 Å². The molecule has 4 rings (SSSR count). The van der Waals surface area contributed by atoms with Crippen LogP contribution in [0, 0.1) is 0 Å². The number of hydrogen-bond donors (Lipinski definition) is 0.